The average molecular weight is 371 g/mol. The van der Waals surface area contributed by atoms with E-state index in [2.05, 4.69) is 6.92 Å². The van der Waals surface area contributed by atoms with Crippen LogP contribution in [0.25, 0.3) is 0 Å². The fourth-order valence-corrected chi connectivity index (χ4v) is 5.05. The lowest BCUT2D eigenvalue weighted by Gasteiger charge is -2.37. The van der Waals surface area contributed by atoms with E-state index in [1.54, 1.807) is 0 Å². The lowest BCUT2D eigenvalue weighted by Crippen LogP contribution is -2.30. The van der Waals surface area contributed by atoms with E-state index in [4.69, 9.17) is 10.00 Å². The van der Waals surface area contributed by atoms with Gasteiger partial charge in [0.05, 0.1) is 11.5 Å². The molecule has 0 unspecified atom stereocenters. The highest BCUT2D eigenvalue weighted by atomic mass is 19.1. The summed E-state index contributed by atoms with van der Waals surface area (Å²) in [5.74, 6) is 1.80. The molecule has 0 saturated heterocycles. The number of carbonyl (C=O) groups excluding carboxylic acids is 1. The van der Waals surface area contributed by atoms with Crippen molar-refractivity contribution in [3.63, 3.8) is 0 Å². The number of nitrogens with zero attached hydrogens (tertiary/aromatic N) is 1. The quantitative estimate of drug-likeness (QED) is 0.470. The molecule has 2 saturated carbocycles. The minimum Gasteiger partial charge on any atom is -0.425 e. The molecule has 0 aliphatic heterocycles. The first kappa shape index (κ1) is 19.9. The van der Waals surface area contributed by atoms with Gasteiger partial charge in [-0.15, -0.1) is 0 Å². The predicted molar refractivity (Wildman–Crippen MR) is 103 cm³/mol. The summed E-state index contributed by atoms with van der Waals surface area (Å²) in [5.41, 5.74) is 0.0703. The maximum atomic E-state index is 13.2. The van der Waals surface area contributed by atoms with Gasteiger partial charge in [-0.3, -0.25) is 4.79 Å². The molecule has 27 heavy (non-hydrogen) atoms. The Balaban J connectivity index is 1.48. The molecule has 0 amide bonds. The highest BCUT2D eigenvalue weighted by molar-refractivity contribution is 5.76. The monoisotopic (exact) mass is 371 g/mol. The second-order valence-corrected chi connectivity index (χ2v) is 8.35. The normalized spacial score (nSPS) is 28.3. The van der Waals surface area contributed by atoms with Crippen LogP contribution in [0.15, 0.2) is 18.2 Å². The Hall–Kier alpha value is -1.89. The second kappa shape index (κ2) is 9.35. The Kier molecular flexibility index (Phi) is 6.88. The Morgan fingerprint density at radius 2 is 1.74 bits per heavy atom. The molecule has 0 bridgehead atoms. The standard InChI is InChI=1S/C23H30FNO2/c1-2-3-16-4-6-17(7-5-16)18-8-10-19(11-9-18)23(26)27-22-13-12-21(24)14-20(22)15-25/h12-14,16-19H,2-11H2,1H3/t16-,17-,18-,19-. The van der Waals surface area contributed by atoms with E-state index in [9.17, 15) is 9.18 Å². The smallest absolute Gasteiger partial charge is 0.314 e. The molecule has 2 aliphatic rings. The molecule has 3 nitrogen and oxygen atoms in total. The third kappa shape index (κ3) is 5.09. The summed E-state index contributed by atoms with van der Waals surface area (Å²) in [5, 5.41) is 9.09. The van der Waals surface area contributed by atoms with Gasteiger partial charge in [0, 0.05) is 0 Å². The zero-order valence-corrected chi connectivity index (χ0v) is 16.3. The van der Waals surface area contributed by atoms with Gasteiger partial charge >= 0.3 is 5.97 Å². The van der Waals surface area contributed by atoms with Crippen LogP contribution in [0.4, 0.5) is 4.39 Å². The number of halogens is 1. The summed E-state index contributed by atoms with van der Waals surface area (Å²) in [6.07, 6.45) is 12.0. The summed E-state index contributed by atoms with van der Waals surface area (Å²) in [6, 6.07) is 5.58. The molecule has 0 spiro atoms. The van der Waals surface area contributed by atoms with Crippen LogP contribution < -0.4 is 4.74 Å². The van der Waals surface area contributed by atoms with Crippen molar-refractivity contribution in [1.29, 1.82) is 5.26 Å². The SMILES string of the molecule is CCC[C@H]1CC[C@H]([C@H]2CC[C@H](C(=O)Oc3ccc(F)cc3C#N)CC2)CC1. The molecule has 2 aliphatic carbocycles. The molecule has 4 heteroatoms. The summed E-state index contributed by atoms with van der Waals surface area (Å²) in [6.45, 7) is 2.28. The molecular weight excluding hydrogens is 341 g/mol. The average Bonchev–Trinajstić information content (AvgIpc) is 2.70. The van der Waals surface area contributed by atoms with Crippen LogP contribution in [-0.2, 0) is 4.79 Å². The number of hydrogen-bond donors (Lipinski definition) is 0. The van der Waals surface area contributed by atoms with E-state index >= 15 is 0 Å². The number of hydrogen-bond acceptors (Lipinski definition) is 3. The van der Waals surface area contributed by atoms with Gasteiger partial charge in [0.25, 0.3) is 0 Å². The Morgan fingerprint density at radius 3 is 2.33 bits per heavy atom. The lowest BCUT2D eigenvalue weighted by atomic mass is 9.69. The topological polar surface area (TPSA) is 50.1 Å². The molecule has 2 fully saturated rings. The van der Waals surface area contributed by atoms with Crippen molar-refractivity contribution in [3.05, 3.63) is 29.6 Å². The van der Waals surface area contributed by atoms with Gasteiger partial charge in [-0.25, -0.2) is 4.39 Å². The first-order valence-electron chi connectivity index (χ1n) is 10.5. The largest absolute Gasteiger partial charge is 0.425 e. The van der Waals surface area contributed by atoms with Gasteiger partial charge in [0.15, 0.2) is 0 Å². The number of benzene rings is 1. The molecule has 0 atom stereocenters. The van der Waals surface area contributed by atoms with Crippen LogP contribution in [0.1, 0.15) is 76.7 Å². The number of rotatable bonds is 5. The third-order valence-electron chi connectivity index (χ3n) is 6.63. The molecule has 0 radical (unpaired) electrons. The number of nitriles is 1. The van der Waals surface area contributed by atoms with E-state index in [-0.39, 0.29) is 23.2 Å². The van der Waals surface area contributed by atoms with Crippen LogP contribution >= 0.6 is 0 Å². The minimum absolute atomic E-state index is 0.0703. The maximum absolute atomic E-state index is 13.2. The molecular formula is C23H30FNO2. The van der Waals surface area contributed by atoms with Crippen LogP contribution in [0, 0.1) is 40.8 Å². The molecule has 0 heterocycles. The lowest BCUT2D eigenvalue weighted by molar-refractivity contribution is -0.140. The Bertz CT molecular complexity index is 680. The van der Waals surface area contributed by atoms with E-state index in [0.717, 1.165) is 49.5 Å². The molecule has 0 N–H and O–H groups in total. The highest BCUT2D eigenvalue weighted by Crippen LogP contribution is 2.42. The fraction of sp³-hybridized carbons (Fsp3) is 0.652. The van der Waals surface area contributed by atoms with E-state index in [1.165, 1.54) is 50.7 Å². The van der Waals surface area contributed by atoms with Crippen molar-refractivity contribution in [3.8, 4) is 11.8 Å². The summed E-state index contributed by atoms with van der Waals surface area (Å²) < 4.78 is 18.6. The van der Waals surface area contributed by atoms with Crippen molar-refractivity contribution in [2.45, 2.75) is 71.1 Å². The van der Waals surface area contributed by atoms with Crippen LogP contribution in [0.3, 0.4) is 0 Å². The van der Waals surface area contributed by atoms with Gasteiger partial charge < -0.3 is 4.74 Å². The van der Waals surface area contributed by atoms with Gasteiger partial charge in [-0.1, -0.05) is 32.6 Å². The maximum Gasteiger partial charge on any atom is 0.314 e. The molecule has 1 aromatic rings. The van der Waals surface area contributed by atoms with Crippen molar-refractivity contribution in [2.24, 2.45) is 23.7 Å². The first-order chi connectivity index (χ1) is 13.1. The molecule has 1 aromatic carbocycles. The van der Waals surface area contributed by atoms with Crippen molar-refractivity contribution in [1.82, 2.24) is 0 Å². The first-order valence-corrected chi connectivity index (χ1v) is 10.5. The zero-order chi connectivity index (χ0) is 19.2. The number of ether oxygens (including phenoxy) is 1. The molecule has 3 rings (SSSR count). The number of esters is 1. The number of carbonyl (C=O) groups is 1. The van der Waals surface area contributed by atoms with Gasteiger partial charge in [0.2, 0.25) is 0 Å². The van der Waals surface area contributed by atoms with Gasteiger partial charge in [-0.05, 0) is 74.5 Å². The molecule has 0 aromatic heterocycles. The van der Waals surface area contributed by atoms with Crippen molar-refractivity contribution >= 4 is 5.97 Å². The van der Waals surface area contributed by atoms with E-state index in [1.807, 2.05) is 6.07 Å². The molecule has 146 valence electrons. The summed E-state index contributed by atoms with van der Waals surface area (Å²) in [4.78, 5) is 12.5. The van der Waals surface area contributed by atoms with Crippen LogP contribution in [0.5, 0.6) is 5.75 Å². The van der Waals surface area contributed by atoms with Crippen LogP contribution in [0.2, 0.25) is 0 Å². The Labute approximate surface area is 161 Å². The van der Waals surface area contributed by atoms with Crippen molar-refractivity contribution in [2.75, 3.05) is 0 Å². The second-order valence-electron chi connectivity index (χ2n) is 8.35. The van der Waals surface area contributed by atoms with Crippen molar-refractivity contribution < 1.29 is 13.9 Å². The predicted octanol–water partition coefficient (Wildman–Crippen LogP) is 6.02. The summed E-state index contributed by atoms with van der Waals surface area (Å²) >= 11 is 0. The third-order valence-corrected chi connectivity index (χ3v) is 6.63. The highest BCUT2D eigenvalue weighted by Gasteiger charge is 2.33. The van der Waals surface area contributed by atoms with Crippen LogP contribution in [-0.4, -0.2) is 5.97 Å². The zero-order valence-electron chi connectivity index (χ0n) is 16.3. The minimum atomic E-state index is -0.500. The van der Waals surface area contributed by atoms with Gasteiger partial charge in [-0.2, -0.15) is 5.26 Å². The van der Waals surface area contributed by atoms with E-state index in [0.29, 0.717) is 0 Å². The fourth-order valence-electron chi connectivity index (χ4n) is 5.05. The van der Waals surface area contributed by atoms with E-state index < -0.39 is 5.82 Å². The summed E-state index contributed by atoms with van der Waals surface area (Å²) in [7, 11) is 0. The van der Waals surface area contributed by atoms with Gasteiger partial charge in [0.1, 0.15) is 17.6 Å². The Morgan fingerprint density at radius 1 is 1.11 bits per heavy atom.